The standard InChI is InChI=1S/C29H46O9/c1-8-24(32)21(5)28(34)36-17-18(2)10-9-11-19(3)27-20(4)12-13-25(37-22(6)30)29(7,35)15-14-23(31)16-26(33)38-27/h9-13,18,20-21,23-25,27,31-32,35H,8,14-17H2,1-7H3/b10-9+,13-12-,19-11+/t18-,20+,21-,23-,24+,25+,27-,29-/m1/s1. The molecule has 0 saturated carbocycles. The Morgan fingerprint density at radius 1 is 1.26 bits per heavy atom. The Bertz CT molecular complexity index is 873. The normalized spacial score (nSPS) is 30.8. The van der Waals surface area contributed by atoms with Crippen molar-refractivity contribution in [3.63, 3.8) is 0 Å². The zero-order valence-electron chi connectivity index (χ0n) is 23.8. The van der Waals surface area contributed by atoms with Crippen LogP contribution in [-0.4, -0.2) is 69.9 Å². The lowest BCUT2D eigenvalue weighted by atomic mass is 9.88. The largest absolute Gasteiger partial charge is 0.465 e. The van der Waals surface area contributed by atoms with E-state index >= 15 is 0 Å². The average molecular weight is 539 g/mol. The third-order valence-electron chi connectivity index (χ3n) is 6.72. The van der Waals surface area contributed by atoms with Gasteiger partial charge in [-0.2, -0.15) is 0 Å². The van der Waals surface area contributed by atoms with E-state index in [0.717, 1.165) is 5.57 Å². The maximum Gasteiger partial charge on any atom is 0.311 e. The maximum absolute atomic E-state index is 12.5. The third-order valence-corrected chi connectivity index (χ3v) is 6.72. The van der Waals surface area contributed by atoms with Gasteiger partial charge in [-0.3, -0.25) is 14.4 Å². The molecule has 0 unspecified atom stereocenters. The van der Waals surface area contributed by atoms with E-state index < -0.39 is 53.8 Å². The molecule has 0 aliphatic carbocycles. The second-order valence-electron chi connectivity index (χ2n) is 10.6. The highest BCUT2D eigenvalue weighted by Gasteiger charge is 2.35. The van der Waals surface area contributed by atoms with Gasteiger partial charge in [0.1, 0.15) is 17.8 Å². The molecule has 8 atom stereocenters. The summed E-state index contributed by atoms with van der Waals surface area (Å²) in [6.45, 7) is 11.9. The van der Waals surface area contributed by atoms with E-state index in [-0.39, 0.29) is 37.7 Å². The SMILES string of the molecule is CC[C@H](O)[C@@H](C)C(=O)OC[C@H](C)/C=C/C=C(\C)[C@H]1OC(=O)C[C@H](O)CC[C@@](C)(O)[C@@H](OC(C)=O)/C=C\[C@@H]1C. The molecule has 1 aliphatic rings. The number of rotatable bonds is 9. The van der Waals surface area contributed by atoms with Crippen LogP contribution in [0.5, 0.6) is 0 Å². The Morgan fingerprint density at radius 2 is 1.92 bits per heavy atom. The molecule has 0 aromatic heterocycles. The van der Waals surface area contributed by atoms with Crippen molar-refractivity contribution in [1.29, 1.82) is 0 Å². The summed E-state index contributed by atoms with van der Waals surface area (Å²) >= 11 is 0. The maximum atomic E-state index is 12.5. The van der Waals surface area contributed by atoms with E-state index in [2.05, 4.69) is 0 Å². The number of carbonyl (C=O) groups is 3. The van der Waals surface area contributed by atoms with Crippen molar-refractivity contribution < 1.29 is 43.9 Å². The van der Waals surface area contributed by atoms with Crippen molar-refractivity contribution >= 4 is 17.9 Å². The number of hydrogen-bond donors (Lipinski definition) is 3. The molecule has 0 bridgehead atoms. The lowest BCUT2D eigenvalue weighted by molar-refractivity contribution is -0.157. The van der Waals surface area contributed by atoms with Gasteiger partial charge in [0.25, 0.3) is 0 Å². The van der Waals surface area contributed by atoms with Crippen molar-refractivity contribution in [2.45, 2.75) is 104 Å². The highest BCUT2D eigenvalue weighted by Crippen LogP contribution is 2.27. The minimum absolute atomic E-state index is 0.0907. The van der Waals surface area contributed by atoms with Gasteiger partial charge in [0.2, 0.25) is 0 Å². The molecular formula is C29H46O9. The summed E-state index contributed by atoms with van der Waals surface area (Å²) in [5.41, 5.74) is -0.695. The van der Waals surface area contributed by atoms with Gasteiger partial charge in [0.05, 0.1) is 31.2 Å². The van der Waals surface area contributed by atoms with Crippen LogP contribution in [0.1, 0.15) is 74.1 Å². The van der Waals surface area contributed by atoms with E-state index in [4.69, 9.17) is 14.2 Å². The van der Waals surface area contributed by atoms with Crippen LogP contribution >= 0.6 is 0 Å². The topological polar surface area (TPSA) is 140 Å². The smallest absolute Gasteiger partial charge is 0.311 e. The molecule has 9 heteroatoms. The molecule has 216 valence electrons. The Hall–Kier alpha value is -2.49. The minimum atomic E-state index is -1.43. The van der Waals surface area contributed by atoms with Gasteiger partial charge in [0.15, 0.2) is 0 Å². The molecule has 0 fully saturated rings. The summed E-state index contributed by atoms with van der Waals surface area (Å²) in [6.07, 6.45) is 5.93. The summed E-state index contributed by atoms with van der Waals surface area (Å²) in [6, 6.07) is 0. The minimum Gasteiger partial charge on any atom is -0.465 e. The molecule has 0 spiro atoms. The Kier molecular flexibility index (Phi) is 14.0. The average Bonchev–Trinajstić information content (AvgIpc) is 2.84. The lowest BCUT2D eigenvalue weighted by Gasteiger charge is -2.32. The van der Waals surface area contributed by atoms with Crippen molar-refractivity contribution in [1.82, 2.24) is 0 Å². The molecule has 3 N–H and O–H groups in total. The first kappa shape index (κ1) is 33.5. The van der Waals surface area contributed by atoms with Crippen LogP contribution in [-0.2, 0) is 28.6 Å². The fourth-order valence-electron chi connectivity index (χ4n) is 4.03. The first-order chi connectivity index (χ1) is 17.7. The van der Waals surface area contributed by atoms with Gasteiger partial charge in [-0.15, -0.1) is 0 Å². The van der Waals surface area contributed by atoms with Gasteiger partial charge in [-0.05, 0) is 51.7 Å². The molecule has 1 aliphatic heterocycles. The van der Waals surface area contributed by atoms with E-state index in [0.29, 0.717) is 6.42 Å². The zero-order chi connectivity index (χ0) is 29.0. The molecular weight excluding hydrogens is 492 g/mol. The van der Waals surface area contributed by atoms with Crippen LogP contribution in [0.15, 0.2) is 36.0 Å². The fraction of sp³-hybridized carbons (Fsp3) is 0.690. The van der Waals surface area contributed by atoms with Crippen LogP contribution in [0.25, 0.3) is 0 Å². The predicted octanol–water partition coefficient (Wildman–Crippen LogP) is 3.41. The molecule has 0 radical (unpaired) electrons. The molecule has 0 aromatic carbocycles. The predicted molar refractivity (Wildman–Crippen MR) is 143 cm³/mol. The first-order valence-corrected chi connectivity index (χ1v) is 13.3. The number of hydrogen-bond acceptors (Lipinski definition) is 9. The molecule has 0 aromatic rings. The number of aliphatic hydroxyl groups excluding tert-OH is 2. The first-order valence-electron chi connectivity index (χ1n) is 13.3. The molecule has 38 heavy (non-hydrogen) atoms. The highest BCUT2D eigenvalue weighted by atomic mass is 16.6. The van der Waals surface area contributed by atoms with Gasteiger partial charge < -0.3 is 29.5 Å². The second kappa shape index (κ2) is 15.8. The summed E-state index contributed by atoms with van der Waals surface area (Å²) in [5.74, 6) is -2.56. The number of cyclic esters (lactones) is 1. The van der Waals surface area contributed by atoms with Gasteiger partial charge in [0, 0.05) is 18.8 Å². The van der Waals surface area contributed by atoms with Gasteiger partial charge in [-0.1, -0.05) is 45.1 Å². The van der Waals surface area contributed by atoms with Crippen LogP contribution < -0.4 is 0 Å². The molecule has 1 heterocycles. The van der Waals surface area contributed by atoms with Crippen molar-refractivity contribution in [2.24, 2.45) is 17.8 Å². The Labute approximate surface area is 226 Å². The summed E-state index contributed by atoms with van der Waals surface area (Å²) in [7, 11) is 0. The summed E-state index contributed by atoms with van der Waals surface area (Å²) < 4.78 is 16.4. The zero-order valence-corrected chi connectivity index (χ0v) is 23.8. The number of esters is 3. The van der Waals surface area contributed by atoms with Crippen molar-refractivity contribution in [3.05, 3.63) is 36.0 Å². The Morgan fingerprint density at radius 3 is 2.53 bits per heavy atom. The number of ether oxygens (including phenoxy) is 3. The monoisotopic (exact) mass is 538 g/mol. The van der Waals surface area contributed by atoms with Crippen LogP contribution in [0.4, 0.5) is 0 Å². The molecule has 0 saturated heterocycles. The van der Waals surface area contributed by atoms with E-state index in [1.54, 1.807) is 38.2 Å². The van der Waals surface area contributed by atoms with Crippen LogP contribution in [0.3, 0.4) is 0 Å². The highest BCUT2D eigenvalue weighted by molar-refractivity contribution is 5.72. The number of carbonyl (C=O) groups excluding carboxylic acids is 3. The summed E-state index contributed by atoms with van der Waals surface area (Å²) in [4.78, 5) is 36.2. The molecule has 9 nitrogen and oxygen atoms in total. The van der Waals surface area contributed by atoms with Crippen molar-refractivity contribution in [2.75, 3.05) is 6.61 Å². The third kappa shape index (κ3) is 11.5. The second-order valence-corrected chi connectivity index (χ2v) is 10.6. The Balaban J connectivity index is 3.03. The number of allylic oxidation sites excluding steroid dienone is 2. The summed E-state index contributed by atoms with van der Waals surface area (Å²) in [5, 5.41) is 31.0. The quantitative estimate of drug-likeness (QED) is 0.174. The van der Waals surface area contributed by atoms with Gasteiger partial charge >= 0.3 is 17.9 Å². The van der Waals surface area contributed by atoms with E-state index in [1.807, 2.05) is 26.8 Å². The van der Waals surface area contributed by atoms with Gasteiger partial charge in [-0.25, -0.2) is 0 Å². The van der Waals surface area contributed by atoms with Crippen molar-refractivity contribution in [3.8, 4) is 0 Å². The van der Waals surface area contributed by atoms with E-state index in [9.17, 15) is 29.7 Å². The number of aliphatic hydroxyl groups is 3. The van der Waals surface area contributed by atoms with Crippen LogP contribution in [0, 0.1) is 17.8 Å². The van der Waals surface area contributed by atoms with Crippen LogP contribution in [0.2, 0.25) is 0 Å². The fourth-order valence-corrected chi connectivity index (χ4v) is 4.03. The molecule has 1 rings (SSSR count). The lowest BCUT2D eigenvalue weighted by Crippen LogP contribution is -2.42. The molecule has 0 amide bonds. The van der Waals surface area contributed by atoms with E-state index in [1.165, 1.54) is 13.8 Å².